The maximum absolute atomic E-state index is 12.1. The van der Waals surface area contributed by atoms with Gasteiger partial charge >= 0.3 is 6.03 Å². The number of urea groups is 1. The highest BCUT2D eigenvalue weighted by Crippen LogP contribution is 2.15. The van der Waals surface area contributed by atoms with Crippen LogP contribution in [0.4, 0.5) is 16.2 Å². The van der Waals surface area contributed by atoms with Crippen molar-refractivity contribution in [1.82, 2.24) is 5.32 Å². The van der Waals surface area contributed by atoms with E-state index >= 15 is 0 Å². The highest BCUT2D eigenvalue weighted by atomic mass is 16.2. The van der Waals surface area contributed by atoms with Crippen molar-refractivity contribution in [1.29, 1.82) is 0 Å². The van der Waals surface area contributed by atoms with Gasteiger partial charge in [-0.25, -0.2) is 4.79 Å². The van der Waals surface area contributed by atoms with E-state index in [4.69, 9.17) is 0 Å². The summed E-state index contributed by atoms with van der Waals surface area (Å²) in [6.07, 6.45) is 1.15. The van der Waals surface area contributed by atoms with E-state index in [-0.39, 0.29) is 11.9 Å². The van der Waals surface area contributed by atoms with Gasteiger partial charge in [0.05, 0.1) is 0 Å². The number of hydrogen-bond acceptors (Lipinski definition) is 2. The van der Waals surface area contributed by atoms with Gasteiger partial charge in [0.1, 0.15) is 0 Å². The number of nitrogens with one attached hydrogen (secondary N) is 3. The molecule has 0 aliphatic carbocycles. The molecule has 0 saturated heterocycles. The predicted octanol–water partition coefficient (Wildman–Crippen LogP) is 3.63. The number of carbonyl (C=O) groups is 2. The molecule has 0 heterocycles. The van der Waals surface area contributed by atoms with Gasteiger partial charge in [0.25, 0.3) is 0 Å². The van der Waals surface area contributed by atoms with Crippen LogP contribution in [0.3, 0.4) is 0 Å². The molecular formula is C19H23N3O2. The van der Waals surface area contributed by atoms with E-state index < -0.39 is 0 Å². The summed E-state index contributed by atoms with van der Waals surface area (Å²) in [6.45, 7) is 4.13. The van der Waals surface area contributed by atoms with Gasteiger partial charge in [0.2, 0.25) is 5.91 Å². The van der Waals surface area contributed by atoms with Gasteiger partial charge in [-0.15, -0.1) is 0 Å². The minimum absolute atomic E-state index is 0.0259. The predicted molar refractivity (Wildman–Crippen MR) is 97.4 cm³/mol. The second-order valence-corrected chi connectivity index (χ2v) is 5.76. The lowest BCUT2D eigenvalue weighted by atomic mass is 10.0. The van der Waals surface area contributed by atoms with Crippen LogP contribution in [0, 0.1) is 13.8 Å². The van der Waals surface area contributed by atoms with Gasteiger partial charge in [-0.1, -0.05) is 23.8 Å². The van der Waals surface area contributed by atoms with Gasteiger partial charge in [-0.3, -0.25) is 4.79 Å². The summed E-state index contributed by atoms with van der Waals surface area (Å²) in [5.41, 5.74) is 5.02. The number of hydrogen-bond donors (Lipinski definition) is 3. The van der Waals surface area contributed by atoms with E-state index in [1.807, 2.05) is 0 Å². The largest absolute Gasteiger partial charge is 0.341 e. The molecule has 0 spiro atoms. The first-order valence-corrected chi connectivity index (χ1v) is 7.92. The molecule has 2 aromatic rings. The molecule has 0 radical (unpaired) electrons. The summed E-state index contributed by atoms with van der Waals surface area (Å²) >= 11 is 0. The Balaban J connectivity index is 1.86. The fourth-order valence-electron chi connectivity index (χ4n) is 2.43. The van der Waals surface area contributed by atoms with E-state index in [2.05, 4.69) is 48.0 Å². The third-order valence-corrected chi connectivity index (χ3v) is 3.77. The molecule has 0 atom stereocenters. The number of carbonyl (C=O) groups excluding carboxylic acids is 2. The molecule has 3 N–H and O–H groups in total. The van der Waals surface area contributed by atoms with E-state index in [1.165, 1.54) is 16.7 Å². The molecule has 5 nitrogen and oxygen atoms in total. The third-order valence-electron chi connectivity index (χ3n) is 3.77. The SMILES string of the molecule is CNC(=O)Nc1ccc(NC(=O)CCc2ccc(C)cc2C)cc1. The fraction of sp³-hybridized carbons (Fsp3) is 0.263. The van der Waals surface area contributed by atoms with Crippen LogP contribution in [0.5, 0.6) is 0 Å². The monoisotopic (exact) mass is 325 g/mol. The number of anilines is 2. The molecule has 0 saturated carbocycles. The first kappa shape index (κ1) is 17.5. The Kier molecular flexibility index (Phi) is 5.95. The Morgan fingerprint density at radius 2 is 1.54 bits per heavy atom. The first-order valence-electron chi connectivity index (χ1n) is 7.92. The zero-order valence-electron chi connectivity index (χ0n) is 14.3. The number of aryl methyl sites for hydroxylation is 3. The molecule has 0 aliphatic heterocycles. The summed E-state index contributed by atoms with van der Waals surface area (Å²) in [4.78, 5) is 23.3. The van der Waals surface area contributed by atoms with Gasteiger partial charge in [0, 0.05) is 24.8 Å². The number of amides is 3. The van der Waals surface area contributed by atoms with E-state index in [0.717, 1.165) is 0 Å². The number of rotatable bonds is 5. The van der Waals surface area contributed by atoms with E-state index in [9.17, 15) is 9.59 Å². The average molecular weight is 325 g/mol. The maximum Gasteiger partial charge on any atom is 0.318 e. The molecule has 24 heavy (non-hydrogen) atoms. The summed E-state index contributed by atoms with van der Waals surface area (Å²) in [5.74, 6) is -0.0259. The molecular weight excluding hydrogens is 302 g/mol. The van der Waals surface area contributed by atoms with Crippen LogP contribution in [0.1, 0.15) is 23.1 Å². The van der Waals surface area contributed by atoms with Crippen LogP contribution in [0.15, 0.2) is 42.5 Å². The number of benzene rings is 2. The average Bonchev–Trinajstić information content (AvgIpc) is 2.55. The molecule has 0 aliphatic rings. The summed E-state index contributed by atoms with van der Waals surface area (Å²) in [7, 11) is 1.56. The Morgan fingerprint density at radius 3 is 2.12 bits per heavy atom. The second kappa shape index (κ2) is 8.15. The van der Waals surface area contributed by atoms with E-state index in [0.29, 0.717) is 24.2 Å². The van der Waals surface area contributed by atoms with Gasteiger partial charge in [0.15, 0.2) is 0 Å². The standard InChI is InChI=1S/C19H23N3O2/c1-13-4-5-15(14(2)12-13)6-11-18(23)21-16-7-9-17(10-8-16)22-19(24)20-3/h4-5,7-10,12H,6,11H2,1-3H3,(H,21,23)(H2,20,22,24). The van der Waals surface area contributed by atoms with Crippen LogP contribution in [0.25, 0.3) is 0 Å². The van der Waals surface area contributed by atoms with Crippen LogP contribution < -0.4 is 16.0 Å². The van der Waals surface area contributed by atoms with Crippen molar-refractivity contribution >= 4 is 23.3 Å². The van der Waals surface area contributed by atoms with Crippen molar-refractivity contribution < 1.29 is 9.59 Å². The smallest absolute Gasteiger partial charge is 0.318 e. The van der Waals surface area contributed by atoms with Gasteiger partial charge < -0.3 is 16.0 Å². The molecule has 126 valence electrons. The Bertz CT molecular complexity index is 724. The highest BCUT2D eigenvalue weighted by molar-refractivity contribution is 5.92. The first-order chi connectivity index (χ1) is 11.5. The van der Waals surface area contributed by atoms with Gasteiger partial charge in [-0.2, -0.15) is 0 Å². The molecule has 0 unspecified atom stereocenters. The lowest BCUT2D eigenvalue weighted by molar-refractivity contribution is -0.116. The Labute approximate surface area is 142 Å². The van der Waals surface area contributed by atoms with Crippen molar-refractivity contribution in [3.05, 3.63) is 59.2 Å². The lowest BCUT2D eigenvalue weighted by Gasteiger charge is -2.09. The minimum Gasteiger partial charge on any atom is -0.341 e. The molecule has 3 amide bonds. The quantitative estimate of drug-likeness (QED) is 0.785. The molecule has 2 rings (SSSR count). The van der Waals surface area contributed by atoms with Crippen molar-refractivity contribution in [2.24, 2.45) is 0 Å². The zero-order chi connectivity index (χ0) is 17.5. The van der Waals surface area contributed by atoms with Crippen LogP contribution in [0.2, 0.25) is 0 Å². The van der Waals surface area contributed by atoms with Crippen LogP contribution in [-0.4, -0.2) is 19.0 Å². The topological polar surface area (TPSA) is 70.2 Å². The van der Waals surface area contributed by atoms with Crippen molar-refractivity contribution in [3.8, 4) is 0 Å². The molecule has 2 aromatic carbocycles. The van der Waals surface area contributed by atoms with E-state index in [1.54, 1.807) is 31.3 Å². The Morgan fingerprint density at radius 1 is 0.917 bits per heavy atom. The second-order valence-electron chi connectivity index (χ2n) is 5.76. The van der Waals surface area contributed by atoms with Crippen molar-refractivity contribution in [3.63, 3.8) is 0 Å². The molecule has 0 fully saturated rings. The molecule has 5 heteroatoms. The summed E-state index contributed by atoms with van der Waals surface area (Å²) in [6, 6.07) is 13.0. The lowest BCUT2D eigenvalue weighted by Crippen LogP contribution is -2.24. The zero-order valence-corrected chi connectivity index (χ0v) is 14.3. The molecule has 0 bridgehead atoms. The van der Waals surface area contributed by atoms with Crippen LogP contribution in [-0.2, 0) is 11.2 Å². The fourth-order valence-corrected chi connectivity index (χ4v) is 2.43. The third kappa shape index (κ3) is 5.12. The highest BCUT2D eigenvalue weighted by Gasteiger charge is 2.06. The van der Waals surface area contributed by atoms with Crippen molar-refractivity contribution in [2.75, 3.05) is 17.7 Å². The summed E-state index contributed by atoms with van der Waals surface area (Å²) in [5, 5.41) is 8.02. The van der Waals surface area contributed by atoms with Gasteiger partial charge in [-0.05, 0) is 55.7 Å². The summed E-state index contributed by atoms with van der Waals surface area (Å²) < 4.78 is 0. The van der Waals surface area contributed by atoms with Crippen molar-refractivity contribution in [2.45, 2.75) is 26.7 Å². The maximum atomic E-state index is 12.1. The van der Waals surface area contributed by atoms with Crippen LogP contribution >= 0.6 is 0 Å². The minimum atomic E-state index is -0.278. The normalized spacial score (nSPS) is 10.1. The molecule has 0 aromatic heterocycles. The Hall–Kier alpha value is -2.82.